The standard InChI is InChI=1S/C15H15ClFN.ClH/c1-2-11-6-8-12(9-7-11)18-10-13-14(16)4-3-5-15(13)17;/h3-9,18H,2,10H2,1H3;1H. The summed E-state index contributed by atoms with van der Waals surface area (Å²) in [6.07, 6.45) is 1.03. The molecule has 2 aromatic rings. The minimum absolute atomic E-state index is 0. The van der Waals surface area contributed by atoms with E-state index >= 15 is 0 Å². The Kier molecular flexibility index (Phi) is 6.29. The van der Waals surface area contributed by atoms with Crippen LogP contribution in [0.4, 0.5) is 10.1 Å². The van der Waals surface area contributed by atoms with E-state index in [4.69, 9.17) is 11.6 Å². The number of hydrogen-bond donors (Lipinski definition) is 1. The lowest BCUT2D eigenvalue weighted by Crippen LogP contribution is -3.00. The molecule has 0 aliphatic rings. The lowest BCUT2D eigenvalue weighted by molar-refractivity contribution is -0.588. The van der Waals surface area contributed by atoms with E-state index in [1.807, 2.05) is 17.4 Å². The van der Waals surface area contributed by atoms with Crippen molar-refractivity contribution in [3.8, 4) is 0 Å². The Balaban J connectivity index is 0.00000180. The van der Waals surface area contributed by atoms with Crippen molar-refractivity contribution in [1.29, 1.82) is 0 Å². The normalized spacial score (nSPS) is 10.1. The first-order valence-electron chi connectivity index (χ1n) is 6.05. The molecule has 0 unspecified atom stereocenters. The molecular formula is C15H16Cl2FN. The Labute approximate surface area is 124 Å². The number of nitrogens with two attached hydrogens (primary N) is 1. The molecule has 0 saturated carbocycles. The summed E-state index contributed by atoms with van der Waals surface area (Å²) < 4.78 is 13.6. The van der Waals surface area contributed by atoms with Gasteiger partial charge in [0.05, 0.1) is 10.6 Å². The van der Waals surface area contributed by atoms with Crippen LogP contribution < -0.4 is 17.7 Å². The SMILES string of the molecule is CCc1ccc([NH2+]Cc2c(F)cccc2Cl)cc1.[Cl-]. The second kappa shape index (κ2) is 7.49. The van der Waals surface area contributed by atoms with E-state index in [-0.39, 0.29) is 18.2 Å². The molecule has 19 heavy (non-hydrogen) atoms. The van der Waals surface area contributed by atoms with Gasteiger partial charge in [-0.1, -0.05) is 36.7 Å². The smallest absolute Gasteiger partial charge is 0.133 e. The molecule has 1 nitrogen and oxygen atoms in total. The third-order valence-corrected chi connectivity index (χ3v) is 3.35. The average Bonchev–Trinajstić information content (AvgIpc) is 2.39. The van der Waals surface area contributed by atoms with Crippen LogP contribution in [0.2, 0.25) is 5.02 Å². The second-order valence-corrected chi connectivity index (χ2v) is 4.61. The quantitative estimate of drug-likeness (QED) is 0.789. The van der Waals surface area contributed by atoms with Crippen molar-refractivity contribution < 1.29 is 22.1 Å². The van der Waals surface area contributed by atoms with Gasteiger partial charge in [0.15, 0.2) is 0 Å². The minimum Gasteiger partial charge on any atom is -1.00 e. The highest BCUT2D eigenvalue weighted by Gasteiger charge is 2.08. The van der Waals surface area contributed by atoms with Gasteiger partial charge < -0.3 is 17.7 Å². The largest absolute Gasteiger partial charge is 1.00 e. The van der Waals surface area contributed by atoms with E-state index in [9.17, 15) is 4.39 Å². The monoisotopic (exact) mass is 299 g/mol. The van der Waals surface area contributed by atoms with E-state index in [0.717, 1.165) is 12.1 Å². The van der Waals surface area contributed by atoms with Gasteiger partial charge in [-0.15, -0.1) is 0 Å². The fraction of sp³-hybridized carbons (Fsp3) is 0.200. The van der Waals surface area contributed by atoms with Gasteiger partial charge in [-0.25, -0.2) is 4.39 Å². The number of quaternary nitrogens is 1. The summed E-state index contributed by atoms with van der Waals surface area (Å²) in [6.45, 7) is 2.63. The maximum absolute atomic E-state index is 13.6. The highest BCUT2D eigenvalue weighted by molar-refractivity contribution is 6.31. The summed E-state index contributed by atoms with van der Waals surface area (Å²) in [4.78, 5) is 0. The third kappa shape index (κ3) is 4.20. The summed E-state index contributed by atoms with van der Waals surface area (Å²) in [7, 11) is 0. The Bertz CT molecular complexity index is 506. The maximum atomic E-state index is 13.6. The van der Waals surface area contributed by atoms with E-state index in [1.54, 1.807) is 12.1 Å². The van der Waals surface area contributed by atoms with E-state index < -0.39 is 0 Å². The maximum Gasteiger partial charge on any atom is 0.133 e. The summed E-state index contributed by atoms with van der Waals surface area (Å²) in [5, 5.41) is 2.47. The lowest BCUT2D eigenvalue weighted by atomic mass is 10.1. The van der Waals surface area contributed by atoms with Crippen LogP contribution in [0.1, 0.15) is 18.1 Å². The minimum atomic E-state index is -0.246. The predicted molar refractivity (Wildman–Crippen MR) is 72.5 cm³/mol. The first kappa shape index (κ1) is 16.0. The van der Waals surface area contributed by atoms with Crippen molar-refractivity contribution in [2.45, 2.75) is 19.9 Å². The summed E-state index contributed by atoms with van der Waals surface area (Å²) in [5.41, 5.74) is 2.95. The van der Waals surface area contributed by atoms with Gasteiger partial charge in [-0.3, -0.25) is 0 Å². The van der Waals surface area contributed by atoms with Gasteiger partial charge in [0.2, 0.25) is 0 Å². The lowest BCUT2D eigenvalue weighted by Gasteiger charge is -2.05. The molecule has 102 valence electrons. The van der Waals surface area contributed by atoms with Gasteiger partial charge in [0.25, 0.3) is 0 Å². The number of aryl methyl sites for hydroxylation is 1. The predicted octanol–water partition coefficient (Wildman–Crippen LogP) is 0.441. The third-order valence-electron chi connectivity index (χ3n) is 2.99. The first-order chi connectivity index (χ1) is 8.70. The van der Waals surface area contributed by atoms with Crippen LogP contribution in [0.15, 0.2) is 42.5 Å². The summed E-state index contributed by atoms with van der Waals surface area (Å²) in [6, 6.07) is 13.1. The molecule has 0 aromatic heterocycles. The molecule has 2 rings (SSSR count). The molecule has 0 aliphatic carbocycles. The van der Waals surface area contributed by atoms with E-state index in [0.29, 0.717) is 17.1 Å². The zero-order valence-electron chi connectivity index (χ0n) is 10.7. The molecule has 0 aliphatic heterocycles. The van der Waals surface area contributed by atoms with Gasteiger partial charge >= 0.3 is 0 Å². The topological polar surface area (TPSA) is 16.6 Å². The fourth-order valence-electron chi connectivity index (χ4n) is 1.84. The molecule has 0 atom stereocenters. The second-order valence-electron chi connectivity index (χ2n) is 4.20. The van der Waals surface area contributed by atoms with Gasteiger partial charge in [-0.2, -0.15) is 0 Å². The number of hydrogen-bond acceptors (Lipinski definition) is 0. The molecule has 0 heterocycles. The number of halogens is 3. The zero-order chi connectivity index (χ0) is 13.0. The van der Waals surface area contributed by atoms with Crippen molar-refractivity contribution >= 4 is 17.3 Å². The molecule has 0 amide bonds. The van der Waals surface area contributed by atoms with E-state index in [1.165, 1.54) is 11.6 Å². The Morgan fingerprint density at radius 3 is 2.37 bits per heavy atom. The van der Waals surface area contributed by atoms with Crippen molar-refractivity contribution in [3.63, 3.8) is 0 Å². The van der Waals surface area contributed by atoms with Crippen LogP contribution in [0, 0.1) is 5.82 Å². The first-order valence-corrected chi connectivity index (χ1v) is 6.43. The van der Waals surface area contributed by atoms with Crippen LogP contribution in [-0.4, -0.2) is 0 Å². The molecule has 0 bridgehead atoms. The molecule has 4 heteroatoms. The van der Waals surface area contributed by atoms with Crippen LogP contribution in [0.25, 0.3) is 0 Å². The van der Waals surface area contributed by atoms with Crippen LogP contribution in [-0.2, 0) is 13.0 Å². The Morgan fingerprint density at radius 2 is 1.79 bits per heavy atom. The van der Waals surface area contributed by atoms with Crippen molar-refractivity contribution in [1.82, 2.24) is 0 Å². The van der Waals surface area contributed by atoms with Crippen molar-refractivity contribution in [2.24, 2.45) is 0 Å². The van der Waals surface area contributed by atoms with Gasteiger partial charge in [0, 0.05) is 0 Å². The highest BCUT2D eigenvalue weighted by atomic mass is 35.5. The molecule has 0 saturated heterocycles. The van der Waals surface area contributed by atoms with Crippen LogP contribution >= 0.6 is 11.6 Å². The average molecular weight is 300 g/mol. The van der Waals surface area contributed by atoms with Gasteiger partial charge in [-0.05, 0) is 36.2 Å². The molecule has 2 N–H and O–H groups in total. The van der Waals surface area contributed by atoms with Crippen LogP contribution in [0.3, 0.4) is 0 Å². The summed E-state index contributed by atoms with van der Waals surface area (Å²) in [5.74, 6) is -0.246. The molecule has 0 radical (unpaired) electrons. The Hall–Kier alpha value is -1.09. The number of rotatable bonds is 4. The fourth-order valence-corrected chi connectivity index (χ4v) is 2.08. The van der Waals surface area contributed by atoms with Crippen molar-refractivity contribution in [3.05, 3.63) is 64.4 Å². The van der Waals surface area contributed by atoms with Gasteiger partial charge in [0.1, 0.15) is 18.0 Å². The zero-order valence-corrected chi connectivity index (χ0v) is 12.2. The molecule has 0 spiro atoms. The summed E-state index contributed by atoms with van der Waals surface area (Å²) >= 11 is 5.98. The highest BCUT2D eigenvalue weighted by Crippen LogP contribution is 2.17. The molecular weight excluding hydrogens is 284 g/mol. The van der Waals surface area contributed by atoms with Crippen molar-refractivity contribution in [2.75, 3.05) is 0 Å². The Morgan fingerprint density at radius 1 is 1.11 bits per heavy atom. The van der Waals surface area contributed by atoms with Crippen LogP contribution in [0.5, 0.6) is 0 Å². The van der Waals surface area contributed by atoms with E-state index in [2.05, 4.69) is 19.1 Å². The molecule has 2 aromatic carbocycles. The molecule has 0 fully saturated rings. The number of benzene rings is 2.